The van der Waals surface area contributed by atoms with Gasteiger partial charge in [-0.25, -0.2) is 4.98 Å². The summed E-state index contributed by atoms with van der Waals surface area (Å²) in [5.74, 6) is 0.966. The first-order valence-corrected chi connectivity index (χ1v) is 6.12. The summed E-state index contributed by atoms with van der Waals surface area (Å²) in [6, 6.07) is 5.41. The number of hydrogen-bond acceptors (Lipinski definition) is 4. The molecule has 0 aliphatic heterocycles. The lowest BCUT2D eigenvalue weighted by atomic mass is 10.3. The van der Waals surface area contributed by atoms with Crippen LogP contribution in [0.2, 0.25) is 5.02 Å². The van der Waals surface area contributed by atoms with Gasteiger partial charge in [0.05, 0.1) is 13.4 Å². The van der Waals surface area contributed by atoms with Gasteiger partial charge in [0.2, 0.25) is 0 Å². The van der Waals surface area contributed by atoms with Gasteiger partial charge in [-0.15, -0.1) is 0 Å². The highest BCUT2D eigenvalue weighted by molar-refractivity contribution is 9.10. The van der Waals surface area contributed by atoms with Gasteiger partial charge in [0, 0.05) is 16.2 Å². The first-order valence-electron chi connectivity index (χ1n) is 4.95. The van der Waals surface area contributed by atoms with Crippen LogP contribution in [-0.4, -0.2) is 17.1 Å². The summed E-state index contributed by atoms with van der Waals surface area (Å²) in [6.07, 6.45) is 1.28. The zero-order valence-corrected chi connectivity index (χ0v) is 11.7. The van der Waals surface area contributed by atoms with E-state index in [1.807, 2.05) is 12.1 Å². The Hall–Kier alpha value is -1.53. The molecule has 2 aromatic rings. The smallest absolute Gasteiger partial charge is 0.271 e. The van der Waals surface area contributed by atoms with Crippen molar-refractivity contribution in [2.24, 2.45) is 0 Å². The van der Waals surface area contributed by atoms with Crippen molar-refractivity contribution in [3.63, 3.8) is 0 Å². The number of anilines is 2. The summed E-state index contributed by atoms with van der Waals surface area (Å²) < 4.78 is 5.97. The van der Waals surface area contributed by atoms with Crippen LogP contribution >= 0.6 is 27.5 Å². The summed E-state index contributed by atoms with van der Waals surface area (Å²) in [5.41, 5.74) is 0.317. The van der Waals surface area contributed by atoms with Gasteiger partial charge in [-0.05, 0) is 12.1 Å². The number of H-pyrrole nitrogens is 1. The molecule has 0 spiro atoms. The molecule has 0 bridgehead atoms. The minimum absolute atomic E-state index is 0.0106. The van der Waals surface area contributed by atoms with Crippen LogP contribution in [-0.2, 0) is 0 Å². The summed E-state index contributed by atoms with van der Waals surface area (Å²) in [4.78, 5) is 17.7. The Morgan fingerprint density at radius 2 is 2.22 bits per heavy atom. The summed E-state index contributed by atoms with van der Waals surface area (Å²) in [5, 5.41) is 2.97. The number of nitrogens with one attached hydrogen (secondary N) is 2. The van der Waals surface area contributed by atoms with Crippen molar-refractivity contribution < 1.29 is 4.74 Å². The normalized spacial score (nSPS) is 10.2. The van der Waals surface area contributed by atoms with E-state index in [2.05, 4.69) is 31.2 Å². The number of aromatic amines is 1. The maximum Gasteiger partial charge on any atom is 0.271 e. The second-order valence-corrected chi connectivity index (χ2v) is 4.69. The molecule has 7 heteroatoms. The van der Waals surface area contributed by atoms with Crippen molar-refractivity contribution in [2.75, 3.05) is 12.4 Å². The van der Waals surface area contributed by atoms with Gasteiger partial charge in [-0.3, -0.25) is 4.79 Å². The molecule has 2 rings (SSSR count). The second-order valence-electron chi connectivity index (χ2n) is 3.40. The molecule has 1 aromatic carbocycles. The standard InChI is InChI=1S/C11H9BrClN3O2/c1-18-8-3-6(12)2-7(4-8)16-10-9(13)11(17)15-5-14-10/h2-5H,1H3,(H2,14,15,16,17). The molecule has 5 nitrogen and oxygen atoms in total. The number of halogens is 2. The lowest BCUT2D eigenvalue weighted by Gasteiger charge is -2.09. The fourth-order valence-electron chi connectivity index (χ4n) is 1.36. The Morgan fingerprint density at radius 1 is 1.44 bits per heavy atom. The molecule has 0 aliphatic rings. The van der Waals surface area contributed by atoms with Gasteiger partial charge in [-0.2, -0.15) is 0 Å². The minimum Gasteiger partial charge on any atom is -0.497 e. The van der Waals surface area contributed by atoms with Crippen molar-refractivity contribution >= 4 is 39.0 Å². The third-order valence-corrected chi connectivity index (χ3v) is 2.97. The SMILES string of the molecule is COc1cc(Br)cc(Nc2nc[nH]c(=O)c2Cl)c1. The van der Waals surface area contributed by atoms with Crippen LogP contribution < -0.4 is 15.6 Å². The van der Waals surface area contributed by atoms with Crippen molar-refractivity contribution in [1.82, 2.24) is 9.97 Å². The lowest BCUT2D eigenvalue weighted by molar-refractivity contribution is 0.415. The number of ether oxygens (including phenoxy) is 1. The van der Waals surface area contributed by atoms with Crippen molar-refractivity contribution in [3.05, 3.63) is 44.4 Å². The summed E-state index contributed by atoms with van der Waals surface area (Å²) >= 11 is 9.20. The van der Waals surface area contributed by atoms with Gasteiger partial charge in [0.15, 0.2) is 5.82 Å². The molecule has 1 heterocycles. The van der Waals surface area contributed by atoms with E-state index < -0.39 is 5.56 Å². The monoisotopic (exact) mass is 329 g/mol. The molecule has 0 radical (unpaired) electrons. The highest BCUT2D eigenvalue weighted by atomic mass is 79.9. The number of hydrogen-bond donors (Lipinski definition) is 2. The number of nitrogens with zero attached hydrogens (tertiary/aromatic N) is 1. The van der Waals surface area contributed by atoms with E-state index in [1.165, 1.54) is 6.33 Å². The number of methoxy groups -OCH3 is 1. The van der Waals surface area contributed by atoms with Crippen LogP contribution in [0.5, 0.6) is 5.75 Å². The molecule has 2 N–H and O–H groups in total. The van der Waals surface area contributed by atoms with Crippen LogP contribution in [0.1, 0.15) is 0 Å². The molecule has 0 atom stereocenters. The molecule has 0 amide bonds. The highest BCUT2D eigenvalue weighted by Gasteiger charge is 2.07. The summed E-state index contributed by atoms with van der Waals surface area (Å²) in [6.45, 7) is 0. The fraction of sp³-hybridized carbons (Fsp3) is 0.0909. The predicted molar refractivity (Wildman–Crippen MR) is 73.8 cm³/mol. The Bertz CT molecular complexity index is 630. The third-order valence-electron chi connectivity index (χ3n) is 2.17. The number of aromatic nitrogens is 2. The largest absolute Gasteiger partial charge is 0.497 e. The van der Waals surface area contributed by atoms with Crippen molar-refractivity contribution in [1.29, 1.82) is 0 Å². The van der Waals surface area contributed by atoms with Gasteiger partial charge in [-0.1, -0.05) is 27.5 Å². The fourth-order valence-corrected chi connectivity index (χ4v) is 1.98. The van der Waals surface area contributed by atoms with E-state index in [0.29, 0.717) is 17.3 Å². The quantitative estimate of drug-likeness (QED) is 0.908. The molecular formula is C11H9BrClN3O2. The third kappa shape index (κ3) is 2.83. The van der Waals surface area contributed by atoms with Gasteiger partial charge < -0.3 is 15.0 Å². The Balaban J connectivity index is 2.37. The van der Waals surface area contributed by atoms with Crippen LogP contribution in [0.15, 0.2) is 33.8 Å². The lowest BCUT2D eigenvalue weighted by Crippen LogP contribution is -2.09. The van der Waals surface area contributed by atoms with Crippen molar-refractivity contribution in [2.45, 2.75) is 0 Å². The van der Waals surface area contributed by atoms with E-state index >= 15 is 0 Å². The number of benzene rings is 1. The van der Waals surface area contributed by atoms with Crippen LogP contribution in [0.25, 0.3) is 0 Å². The second kappa shape index (κ2) is 5.41. The number of rotatable bonds is 3. The maximum atomic E-state index is 11.3. The zero-order valence-electron chi connectivity index (χ0n) is 9.33. The first-order chi connectivity index (χ1) is 8.60. The molecule has 0 saturated carbocycles. The van der Waals surface area contributed by atoms with Gasteiger partial charge >= 0.3 is 0 Å². The Morgan fingerprint density at radius 3 is 2.94 bits per heavy atom. The van der Waals surface area contributed by atoms with E-state index in [1.54, 1.807) is 13.2 Å². The molecule has 94 valence electrons. The maximum absolute atomic E-state index is 11.3. The first kappa shape index (κ1) is 12.9. The van der Waals surface area contributed by atoms with Gasteiger partial charge in [0.1, 0.15) is 10.8 Å². The summed E-state index contributed by atoms with van der Waals surface area (Å²) in [7, 11) is 1.57. The van der Waals surface area contributed by atoms with Gasteiger partial charge in [0.25, 0.3) is 5.56 Å². The van der Waals surface area contributed by atoms with Crippen LogP contribution in [0, 0.1) is 0 Å². The molecule has 0 unspecified atom stereocenters. The molecular weight excluding hydrogens is 321 g/mol. The minimum atomic E-state index is -0.392. The molecule has 0 aliphatic carbocycles. The van der Waals surface area contributed by atoms with E-state index in [9.17, 15) is 4.79 Å². The van der Waals surface area contributed by atoms with Crippen molar-refractivity contribution in [3.8, 4) is 5.75 Å². The van der Waals surface area contributed by atoms with Crippen LogP contribution in [0.3, 0.4) is 0 Å². The molecule has 1 aromatic heterocycles. The average Bonchev–Trinajstić information content (AvgIpc) is 2.34. The van der Waals surface area contributed by atoms with E-state index in [0.717, 1.165) is 4.47 Å². The topological polar surface area (TPSA) is 67.0 Å². The van der Waals surface area contributed by atoms with E-state index in [4.69, 9.17) is 16.3 Å². The molecule has 0 saturated heterocycles. The average molecular weight is 331 g/mol. The predicted octanol–water partition coefficient (Wildman–Crippen LogP) is 2.94. The highest BCUT2D eigenvalue weighted by Crippen LogP contribution is 2.27. The van der Waals surface area contributed by atoms with E-state index in [-0.39, 0.29) is 5.02 Å². The zero-order chi connectivity index (χ0) is 13.1. The molecule has 0 fully saturated rings. The Labute approximate surface area is 116 Å². The Kier molecular flexibility index (Phi) is 3.88. The molecule has 18 heavy (non-hydrogen) atoms. The van der Waals surface area contributed by atoms with Crippen LogP contribution in [0.4, 0.5) is 11.5 Å².